The molecule has 0 fully saturated rings. The lowest BCUT2D eigenvalue weighted by Gasteiger charge is -2.40. The molecule has 21 heavy (non-hydrogen) atoms. The zero-order valence-electron chi connectivity index (χ0n) is 12.8. The van der Waals surface area contributed by atoms with Crippen LogP contribution in [0.4, 0.5) is 0 Å². The van der Waals surface area contributed by atoms with Crippen molar-refractivity contribution in [1.29, 1.82) is 0 Å². The zero-order valence-corrected chi connectivity index (χ0v) is 12.8. The lowest BCUT2D eigenvalue weighted by molar-refractivity contribution is 0.125. The van der Waals surface area contributed by atoms with Crippen LogP contribution in [-0.2, 0) is 13.2 Å². The fourth-order valence-corrected chi connectivity index (χ4v) is 3.06. The van der Waals surface area contributed by atoms with E-state index in [0.717, 1.165) is 31.6 Å². The van der Waals surface area contributed by atoms with Crippen LogP contribution in [-0.4, -0.2) is 22.1 Å². The van der Waals surface area contributed by atoms with Gasteiger partial charge in [0.15, 0.2) is 0 Å². The molecule has 3 heteroatoms. The molecule has 1 aliphatic rings. The summed E-state index contributed by atoms with van der Waals surface area (Å²) in [5, 5.41) is 9.12. The van der Waals surface area contributed by atoms with E-state index in [0.29, 0.717) is 17.8 Å². The van der Waals surface area contributed by atoms with Gasteiger partial charge in [-0.2, -0.15) is 0 Å². The van der Waals surface area contributed by atoms with Gasteiger partial charge < -0.3 is 9.52 Å². The molecular weight excluding hydrogens is 262 g/mol. The minimum Gasteiger partial charge on any atom is -0.462 e. The Kier molecular flexibility index (Phi) is 5.59. The van der Waals surface area contributed by atoms with Gasteiger partial charge in [-0.05, 0) is 38.3 Å². The van der Waals surface area contributed by atoms with Gasteiger partial charge in [-0.15, -0.1) is 13.2 Å². The van der Waals surface area contributed by atoms with Gasteiger partial charge in [0.05, 0.1) is 6.54 Å². The van der Waals surface area contributed by atoms with Crippen LogP contribution in [0.15, 0.2) is 53.5 Å². The molecule has 0 aromatic carbocycles. The van der Waals surface area contributed by atoms with Crippen molar-refractivity contribution in [2.45, 2.75) is 51.4 Å². The highest BCUT2D eigenvalue weighted by atomic mass is 16.4. The Labute approximate surface area is 127 Å². The SMILES string of the molecule is C=CC[C@@H]1CC(C)=C[C@@H](CC=C)N1Cc1ccc(CO)o1. The molecule has 114 valence electrons. The van der Waals surface area contributed by atoms with Gasteiger partial charge in [-0.3, -0.25) is 4.90 Å². The quantitative estimate of drug-likeness (QED) is 0.775. The van der Waals surface area contributed by atoms with Crippen LogP contribution in [0.5, 0.6) is 0 Å². The van der Waals surface area contributed by atoms with Crippen LogP contribution in [0, 0.1) is 0 Å². The van der Waals surface area contributed by atoms with Gasteiger partial charge in [-0.25, -0.2) is 0 Å². The smallest absolute Gasteiger partial charge is 0.129 e. The highest BCUT2D eigenvalue weighted by Crippen LogP contribution is 2.28. The molecule has 3 nitrogen and oxygen atoms in total. The lowest BCUT2D eigenvalue weighted by Crippen LogP contribution is -2.44. The van der Waals surface area contributed by atoms with Gasteiger partial charge in [0, 0.05) is 12.1 Å². The Morgan fingerprint density at radius 1 is 1.29 bits per heavy atom. The summed E-state index contributed by atoms with van der Waals surface area (Å²) in [4.78, 5) is 2.45. The summed E-state index contributed by atoms with van der Waals surface area (Å²) in [5.41, 5.74) is 1.43. The molecule has 1 aromatic heterocycles. The Bertz CT molecular complexity index is 515. The average molecular weight is 287 g/mol. The molecule has 0 aliphatic carbocycles. The van der Waals surface area contributed by atoms with Crippen molar-refractivity contribution in [1.82, 2.24) is 4.90 Å². The second kappa shape index (κ2) is 7.43. The summed E-state index contributed by atoms with van der Waals surface area (Å²) in [6.07, 6.45) is 9.25. The number of nitrogens with zero attached hydrogens (tertiary/aromatic N) is 1. The predicted molar refractivity (Wildman–Crippen MR) is 85.8 cm³/mol. The zero-order chi connectivity index (χ0) is 15.2. The Hall–Kier alpha value is -1.58. The van der Waals surface area contributed by atoms with Crippen LogP contribution in [0.1, 0.15) is 37.7 Å². The van der Waals surface area contributed by atoms with Crippen LogP contribution in [0.25, 0.3) is 0 Å². The first-order valence-electron chi connectivity index (χ1n) is 7.51. The van der Waals surface area contributed by atoms with Crippen molar-refractivity contribution < 1.29 is 9.52 Å². The Balaban J connectivity index is 2.20. The monoisotopic (exact) mass is 287 g/mol. The second-order valence-electron chi connectivity index (χ2n) is 5.69. The Morgan fingerprint density at radius 3 is 2.62 bits per heavy atom. The summed E-state index contributed by atoms with van der Waals surface area (Å²) in [7, 11) is 0. The Morgan fingerprint density at radius 2 is 2.00 bits per heavy atom. The van der Waals surface area contributed by atoms with E-state index in [1.54, 1.807) is 0 Å². The standard InChI is InChI=1S/C18H25NO2/c1-4-6-15-10-14(3)11-16(7-5-2)19(15)12-17-8-9-18(13-20)21-17/h4-5,8-10,15-16,20H,1-2,6-7,11-13H2,3H3/t15-,16-/m1/s1. The molecule has 0 bridgehead atoms. The molecule has 0 spiro atoms. The first-order chi connectivity index (χ1) is 10.2. The highest BCUT2D eigenvalue weighted by molar-refractivity contribution is 5.16. The average Bonchev–Trinajstić information content (AvgIpc) is 2.91. The van der Waals surface area contributed by atoms with Crippen molar-refractivity contribution in [3.8, 4) is 0 Å². The topological polar surface area (TPSA) is 36.6 Å². The van der Waals surface area contributed by atoms with E-state index in [1.807, 2.05) is 24.3 Å². The number of rotatable bonds is 7. The van der Waals surface area contributed by atoms with Crippen LogP contribution >= 0.6 is 0 Å². The fraction of sp³-hybridized carbons (Fsp3) is 0.444. The predicted octanol–water partition coefficient (Wildman–Crippen LogP) is 3.81. The van der Waals surface area contributed by atoms with E-state index in [9.17, 15) is 0 Å². The van der Waals surface area contributed by atoms with Gasteiger partial charge in [0.1, 0.15) is 18.1 Å². The maximum atomic E-state index is 9.12. The normalized spacial score (nSPS) is 22.9. The second-order valence-corrected chi connectivity index (χ2v) is 5.69. The molecule has 1 aliphatic heterocycles. The van der Waals surface area contributed by atoms with E-state index in [-0.39, 0.29) is 6.61 Å². The number of furan rings is 1. The molecule has 0 saturated heterocycles. The summed E-state index contributed by atoms with van der Waals surface area (Å²) in [5.74, 6) is 1.52. The maximum absolute atomic E-state index is 9.12. The van der Waals surface area contributed by atoms with Crippen molar-refractivity contribution in [3.63, 3.8) is 0 Å². The highest BCUT2D eigenvalue weighted by Gasteiger charge is 2.28. The van der Waals surface area contributed by atoms with E-state index in [4.69, 9.17) is 9.52 Å². The molecule has 2 heterocycles. The fourth-order valence-electron chi connectivity index (χ4n) is 3.06. The van der Waals surface area contributed by atoms with Crippen molar-refractivity contribution >= 4 is 0 Å². The summed E-state index contributed by atoms with van der Waals surface area (Å²) in [6, 6.07) is 4.59. The van der Waals surface area contributed by atoms with Crippen molar-refractivity contribution in [2.75, 3.05) is 0 Å². The number of aliphatic hydroxyl groups is 1. The summed E-state index contributed by atoms with van der Waals surface area (Å²) >= 11 is 0. The lowest BCUT2D eigenvalue weighted by atomic mass is 9.92. The maximum Gasteiger partial charge on any atom is 0.129 e. The largest absolute Gasteiger partial charge is 0.462 e. The molecule has 0 saturated carbocycles. The minimum atomic E-state index is -0.0504. The molecule has 2 atom stereocenters. The molecule has 1 N–H and O–H groups in total. The van der Waals surface area contributed by atoms with Gasteiger partial charge >= 0.3 is 0 Å². The molecule has 0 amide bonds. The van der Waals surface area contributed by atoms with Crippen LogP contribution < -0.4 is 0 Å². The number of hydrogen-bond acceptors (Lipinski definition) is 3. The third-order valence-electron chi connectivity index (χ3n) is 3.99. The van der Waals surface area contributed by atoms with Crippen molar-refractivity contribution in [2.24, 2.45) is 0 Å². The van der Waals surface area contributed by atoms with Gasteiger partial charge in [0.2, 0.25) is 0 Å². The first kappa shape index (κ1) is 15.8. The van der Waals surface area contributed by atoms with E-state index in [1.165, 1.54) is 5.57 Å². The van der Waals surface area contributed by atoms with Gasteiger partial charge in [0.25, 0.3) is 0 Å². The molecule has 1 aromatic rings. The summed E-state index contributed by atoms with van der Waals surface area (Å²) < 4.78 is 5.65. The summed E-state index contributed by atoms with van der Waals surface area (Å²) in [6.45, 7) is 10.7. The van der Waals surface area contributed by atoms with Crippen molar-refractivity contribution in [3.05, 3.63) is 60.6 Å². The van der Waals surface area contributed by atoms with E-state index >= 15 is 0 Å². The third kappa shape index (κ3) is 3.96. The third-order valence-corrected chi connectivity index (χ3v) is 3.99. The van der Waals surface area contributed by atoms with E-state index < -0.39 is 0 Å². The van der Waals surface area contributed by atoms with Crippen LogP contribution in [0.3, 0.4) is 0 Å². The van der Waals surface area contributed by atoms with Gasteiger partial charge in [-0.1, -0.05) is 23.8 Å². The molecule has 0 radical (unpaired) electrons. The number of hydrogen-bond donors (Lipinski definition) is 1. The first-order valence-corrected chi connectivity index (χ1v) is 7.51. The molecule has 2 rings (SSSR count). The minimum absolute atomic E-state index is 0.0504. The molecule has 0 unspecified atom stereocenters. The van der Waals surface area contributed by atoms with Crippen LogP contribution in [0.2, 0.25) is 0 Å². The molecular formula is C18H25NO2. The van der Waals surface area contributed by atoms with E-state index in [2.05, 4.69) is 31.1 Å². The number of aliphatic hydroxyl groups excluding tert-OH is 1.